The van der Waals surface area contributed by atoms with Gasteiger partial charge in [0.2, 0.25) is 0 Å². The van der Waals surface area contributed by atoms with Gasteiger partial charge in [-0.05, 0) is 40.8 Å². The van der Waals surface area contributed by atoms with E-state index in [-0.39, 0.29) is 11.9 Å². The Kier molecular flexibility index (Phi) is 4.93. The third-order valence-corrected chi connectivity index (χ3v) is 3.80. The predicted octanol–water partition coefficient (Wildman–Crippen LogP) is 2.73. The average molecular weight is 295 g/mol. The number of nitrogen functional groups attached to an aromatic ring is 1. The van der Waals surface area contributed by atoms with Crippen LogP contribution < -0.4 is 15.4 Å². The predicted molar refractivity (Wildman–Crippen MR) is 85.5 cm³/mol. The summed E-state index contributed by atoms with van der Waals surface area (Å²) in [6.07, 6.45) is 1.00. The second-order valence-corrected chi connectivity index (χ2v) is 6.17. The van der Waals surface area contributed by atoms with E-state index in [0.29, 0.717) is 11.7 Å². The van der Waals surface area contributed by atoms with Gasteiger partial charge in [0.05, 0.1) is 17.5 Å². The van der Waals surface area contributed by atoms with E-state index < -0.39 is 5.82 Å². The molecular formula is C16H26FN3O. The second kappa shape index (κ2) is 6.52. The van der Waals surface area contributed by atoms with Gasteiger partial charge < -0.3 is 20.3 Å². The van der Waals surface area contributed by atoms with Gasteiger partial charge in [-0.25, -0.2) is 4.39 Å². The normalized spacial score (nSPS) is 20.7. The zero-order valence-electron chi connectivity index (χ0n) is 13.4. The van der Waals surface area contributed by atoms with Gasteiger partial charge in [-0.1, -0.05) is 0 Å². The Morgan fingerprint density at radius 2 is 2.05 bits per heavy atom. The maximum absolute atomic E-state index is 14.0. The topological polar surface area (TPSA) is 41.7 Å². The van der Waals surface area contributed by atoms with Crippen molar-refractivity contribution in [2.75, 3.05) is 37.3 Å². The van der Waals surface area contributed by atoms with Gasteiger partial charge in [0, 0.05) is 31.3 Å². The maximum Gasteiger partial charge on any atom is 0.167 e. The first-order valence-electron chi connectivity index (χ1n) is 7.59. The SMILES string of the molecule is CC(C)Oc1cc(N2CCCN(C)CC2C)c(N)cc1F. The Morgan fingerprint density at radius 1 is 1.33 bits per heavy atom. The highest BCUT2D eigenvalue weighted by atomic mass is 19.1. The Balaban J connectivity index is 2.33. The van der Waals surface area contributed by atoms with Crippen molar-refractivity contribution in [2.45, 2.75) is 39.3 Å². The summed E-state index contributed by atoms with van der Waals surface area (Å²) in [6.45, 7) is 8.91. The van der Waals surface area contributed by atoms with Crippen molar-refractivity contribution in [1.29, 1.82) is 0 Å². The van der Waals surface area contributed by atoms with Gasteiger partial charge in [0.1, 0.15) is 0 Å². The molecule has 1 fully saturated rings. The van der Waals surface area contributed by atoms with Crippen molar-refractivity contribution in [3.63, 3.8) is 0 Å². The van der Waals surface area contributed by atoms with Crippen LogP contribution in [0.25, 0.3) is 0 Å². The molecule has 4 nitrogen and oxygen atoms in total. The smallest absolute Gasteiger partial charge is 0.167 e. The monoisotopic (exact) mass is 295 g/mol. The van der Waals surface area contributed by atoms with Crippen LogP contribution in [0.1, 0.15) is 27.2 Å². The molecular weight excluding hydrogens is 269 g/mol. The number of hydrogen-bond donors (Lipinski definition) is 1. The third kappa shape index (κ3) is 3.79. The van der Waals surface area contributed by atoms with E-state index in [1.807, 2.05) is 13.8 Å². The second-order valence-electron chi connectivity index (χ2n) is 6.17. The highest BCUT2D eigenvalue weighted by molar-refractivity contribution is 5.70. The van der Waals surface area contributed by atoms with Crippen LogP contribution in [0.3, 0.4) is 0 Å². The molecule has 21 heavy (non-hydrogen) atoms. The molecule has 0 saturated carbocycles. The number of halogens is 1. The number of nitrogens with zero attached hydrogens (tertiary/aromatic N) is 2. The van der Waals surface area contributed by atoms with Crippen molar-refractivity contribution in [3.05, 3.63) is 17.9 Å². The minimum Gasteiger partial charge on any atom is -0.488 e. The van der Waals surface area contributed by atoms with Crippen LogP contribution >= 0.6 is 0 Å². The highest BCUT2D eigenvalue weighted by Crippen LogP contribution is 2.33. The number of benzene rings is 1. The van der Waals surface area contributed by atoms with Crippen molar-refractivity contribution < 1.29 is 9.13 Å². The summed E-state index contributed by atoms with van der Waals surface area (Å²) in [4.78, 5) is 4.57. The standard InChI is InChI=1S/C16H26FN3O/c1-11(2)21-16-9-15(14(18)8-13(16)17)20-7-5-6-19(4)10-12(20)3/h8-9,11-12H,5-7,10,18H2,1-4H3. The molecule has 1 unspecified atom stereocenters. The molecule has 0 radical (unpaired) electrons. The highest BCUT2D eigenvalue weighted by Gasteiger charge is 2.23. The summed E-state index contributed by atoms with van der Waals surface area (Å²) < 4.78 is 19.5. The van der Waals surface area contributed by atoms with Crippen molar-refractivity contribution in [3.8, 4) is 5.75 Å². The summed E-state index contributed by atoms with van der Waals surface area (Å²) >= 11 is 0. The number of rotatable bonds is 3. The summed E-state index contributed by atoms with van der Waals surface area (Å²) in [5.74, 6) is -0.122. The Morgan fingerprint density at radius 3 is 2.71 bits per heavy atom. The first-order valence-corrected chi connectivity index (χ1v) is 7.59. The molecule has 1 heterocycles. The van der Waals surface area contributed by atoms with Gasteiger partial charge in [0.15, 0.2) is 11.6 Å². The Labute approximate surface area is 126 Å². The molecule has 1 aromatic rings. The van der Waals surface area contributed by atoms with Gasteiger partial charge in [-0.15, -0.1) is 0 Å². The molecule has 0 bridgehead atoms. The van der Waals surface area contributed by atoms with E-state index in [4.69, 9.17) is 10.5 Å². The minimum atomic E-state index is -0.399. The lowest BCUT2D eigenvalue weighted by Crippen LogP contribution is -2.38. The van der Waals surface area contributed by atoms with Crippen LogP contribution in [0, 0.1) is 5.82 Å². The van der Waals surface area contributed by atoms with E-state index in [9.17, 15) is 4.39 Å². The number of ether oxygens (including phenoxy) is 1. The van der Waals surface area contributed by atoms with Crippen LogP contribution in [0.4, 0.5) is 15.8 Å². The number of likely N-dealkylation sites (N-methyl/N-ethyl adjacent to an activating group) is 1. The quantitative estimate of drug-likeness (QED) is 0.871. The molecule has 5 heteroatoms. The fourth-order valence-electron chi connectivity index (χ4n) is 2.88. The minimum absolute atomic E-state index is 0.0661. The number of nitrogens with two attached hydrogens (primary N) is 1. The van der Waals surface area contributed by atoms with Crippen molar-refractivity contribution in [2.24, 2.45) is 0 Å². The fraction of sp³-hybridized carbons (Fsp3) is 0.625. The van der Waals surface area contributed by atoms with E-state index in [1.165, 1.54) is 6.07 Å². The van der Waals surface area contributed by atoms with E-state index in [0.717, 1.165) is 31.7 Å². The van der Waals surface area contributed by atoms with E-state index in [1.54, 1.807) is 6.07 Å². The summed E-state index contributed by atoms with van der Waals surface area (Å²) in [7, 11) is 2.13. The van der Waals surface area contributed by atoms with Crippen LogP contribution in [0.2, 0.25) is 0 Å². The van der Waals surface area contributed by atoms with Crippen LogP contribution in [0.15, 0.2) is 12.1 Å². The molecule has 1 aliphatic rings. The zero-order chi connectivity index (χ0) is 15.6. The average Bonchev–Trinajstić information content (AvgIpc) is 2.53. The molecule has 118 valence electrons. The molecule has 1 saturated heterocycles. The molecule has 1 aliphatic heterocycles. The maximum atomic E-state index is 14.0. The largest absolute Gasteiger partial charge is 0.488 e. The van der Waals surface area contributed by atoms with Crippen LogP contribution in [-0.4, -0.2) is 43.7 Å². The molecule has 1 atom stereocenters. The fourth-order valence-corrected chi connectivity index (χ4v) is 2.88. The number of hydrogen-bond acceptors (Lipinski definition) is 4. The van der Waals surface area contributed by atoms with Gasteiger partial charge >= 0.3 is 0 Å². The van der Waals surface area contributed by atoms with Gasteiger partial charge in [0.25, 0.3) is 0 Å². The first-order chi connectivity index (χ1) is 9.88. The van der Waals surface area contributed by atoms with Gasteiger partial charge in [-0.2, -0.15) is 0 Å². The number of anilines is 2. The molecule has 0 aromatic heterocycles. The summed E-state index contributed by atoms with van der Waals surface area (Å²) in [5, 5.41) is 0. The van der Waals surface area contributed by atoms with Crippen molar-refractivity contribution in [1.82, 2.24) is 4.90 Å². The van der Waals surface area contributed by atoms with Crippen LogP contribution in [0.5, 0.6) is 5.75 Å². The lowest BCUT2D eigenvalue weighted by molar-refractivity contribution is 0.231. The lowest BCUT2D eigenvalue weighted by Gasteiger charge is -2.31. The lowest BCUT2D eigenvalue weighted by atomic mass is 10.1. The van der Waals surface area contributed by atoms with Gasteiger partial charge in [-0.3, -0.25) is 0 Å². The Hall–Kier alpha value is -1.49. The Bertz CT molecular complexity index is 493. The molecule has 0 spiro atoms. The van der Waals surface area contributed by atoms with Crippen LogP contribution in [-0.2, 0) is 0 Å². The molecule has 2 N–H and O–H groups in total. The third-order valence-electron chi connectivity index (χ3n) is 3.80. The molecule has 0 amide bonds. The molecule has 2 rings (SSSR count). The van der Waals surface area contributed by atoms with Crippen molar-refractivity contribution >= 4 is 11.4 Å². The van der Waals surface area contributed by atoms with E-state index in [2.05, 4.69) is 23.8 Å². The zero-order valence-corrected chi connectivity index (χ0v) is 13.4. The van der Waals surface area contributed by atoms with E-state index >= 15 is 0 Å². The first kappa shape index (κ1) is 15.9. The molecule has 1 aromatic carbocycles. The summed E-state index contributed by atoms with van der Waals surface area (Å²) in [6, 6.07) is 3.44. The summed E-state index contributed by atoms with van der Waals surface area (Å²) in [5.41, 5.74) is 7.39. The molecule has 0 aliphatic carbocycles.